The van der Waals surface area contributed by atoms with E-state index in [2.05, 4.69) is 11.9 Å². The Morgan fingerprint density at radius 3 is 2.00 bits per heavy atom. The van der Waals surface area contributed by atoms with E-state index >= 15 is 0 Å². The summed E-state index contributed by atoms with van der Waals surface area (Å²) in [4.78, 5) is 32.8. The zero-order chi connectivity index (χ0) is 22.7. The van der Waals surface area contributed by atoms with Crippen molar-refractivity contribution >= 4 is 17.5 Å². The predicted molar refractivity (Wildman–Crippen MR) is 123 cm³/mol. The van der Waals surface area contributed by atoms with E-state index in [4.69, 9.17) is 9.47 Å². The standard InChI is InChI=1S/C25H31N3O4/c1-26-14-16-27(17-15-26)25(30)22-12-13-23(29)28(19-6-10-21(32-3)11-7-19)24(22)18-4-8-20(31-2)9-5-18/h4-11,22,24H,12-17H2,1-3H3/t22-,24+/m0/s1. The molecule has 4 rings (SSSR count). The average molecular weight is 438 g/mol. The van der Waals surface area contributed by atoms with Crippen LogP contribution < -0.4 is 14.4 Å². The molecule has 0 unspecified atom stereocenters. The van der Waals surface area contributed by atoms with Gasteiger partial charge in [0.05, 0.1) is 26.2 Å². The van der Waals surface area contributed by atoms with Crippen LogP contribution in [0.25, 0.3) is 0 Å². The molecule has 7 nitrogen and oxygen atoms in total. The Morgan fingerprint density at radius 1 is 0.875 bits per heavy atom. The van der Waals surface area contributed by atoms with Crippen LogP contribution in [-0.4, -0.2) is 69.1 Å². The van der Waals surface area contributed by atoms with Gasteiger partial charge < -0.3 is 24.2 Å². The maximum atomic E-state index is 13.7. The summed E-state index contributed by atoms with van der Waals surface area (Å²) >= 11 is 0. The molecule has 0 aromatic heterocycles. The van der Waals surface area contributed by atoms with E-state index in [1.165, 1.54) is 0 Å². The van der Waals surface area contributed by atoms with E-state index in [0.717, 1.165) is 48.9 Å². The van der Waals surface area contributed by atoms with Crippen molar-refractivity contribution in [1.29, 1.82) is 0 Å². The van der Waals surface area contributed by atoms with Crippen molar-refractivity contribution in [2.45, 2.75) is 18.9 Å². The second-order valence-electron chi connectivity index (χ2n) is 8.45. The minimum absolute atomic E-state index is 0.0263. The monoisotopic (exact) mass is 437 g/mol. The first-order valence-corrected chi connectivity index (χ1v) is 11.1. The fourth-order valence-corrected chi connectivity index (χ4v) is 4.64. The predicted octanol–water partition coefficient (Wildman–Crippen LogP) is 2.96. The van der Waals surface area contributed by atoms with Crippen LogP contribution in [0.2, 0.25) is 0 Å². The first kappa shape index (κ1) is 22.1. The molecule has 2 heterocycles. The lowest BCUT2D eigenvalue weighted by Crippen LogP contribution is -2.53. The van der Waals surface area contributed by atoms with E-state index in [9.17, 15) is 9.59 Å². The van der Waals surface area contributed by atoms with Gasteiger partial charge in [0.2, 0.25) is 11.8 Å². The third-order valence-electron chi connectivity index (χ3n) is 6.54. The molecule has 2 aromatic carbocycles. The van der Waals surface area contributed by atoms with E-state index in [-0.39, 0.29) is 23.8 Å². The average Bonchev–Trinajstić information content (AvgIpc) is 2.84. The number of anilines is 1. The van der Waals surface area contributed by atoms with Crippen molar-refractivity contribution in [3.63, 3.8) is 0 Å². The Labute approximate surface area is 189 Å². The van der Waals surface area contributed by atoms with Crippen LogP contribution in [0.4, 0.5) is 5.69 Å². The zero-order valence-corrected chi connectivity index (χ0v) is 19.0. The van der Waals surface area contributed by atoms with Crippen molar-refractivity contribution < 1.29 is 19.1 Å². The number of amides is 2. The van der Waals surface area contributed by atoms with E-state index in [1.807, 2.05) is 53.4 Å². The lowest BCUT2D eigenvalue weighted by atomic mass is 9.82. The van der Waals surface area contributed by atoms with Crippen molar-refractivity contribution in [3.05, 3.63) is 54.1 Å². The van der Waals surface area contributed by atoms with Crippen LogP contribution in [0, 0.1) is 5.92 Å². The van der Waals surface area contributed by atoms with Gasteiger partial charge in [0.25, 0.3) is 0 Å². The second kappa shape index (κ2) is 9.61. The van der Waals surface area contributed by atoms with E-state index in [1.54, 1.807) is 19.1 Å². The Morgan fingerprint density at radius 2 is 1.44 bits per heavy atom. The number of hydrogen-bond acceptors (Lipinski definition) is 5. The summed E-state index contributed by atoms with van der Waals surface area (Å²) in [7, 11) is 5.32. The van der Waals surface area contributed by atoms with Gasteiger partial charge in [-0.25, -0.2) is 0 Å². The van der Waals surface area contributed by atoms with Gasteiger partial charge in [-0.3, -0.25) is 9.59 Å². The molecule has 2 fully saturated rings. The van der Waals surface area contributed by atoms with Crippen LogP contribution in [0.3, 0.4) is 0 Å². The smallest absolute Gasteiger partial charge is 0.228 e. The number of piperazine rings is 1. The summed E-state index contributed by atoms with van der Waals surface area (Å²) in [5.41, 5.74) is 1.70. The minimum atomic E-state index is -0.372. The normalized spacial score (nSPS) is 22.0. The molecule has 2 atom stereocenters. The van der Waals surface area contributed by atoms with Crippen molar-refractivity contribution in [2.75, 3.05) is 52.3 Å². The summed E-state index contributed by atoms with van der Waals surface area (Å²) in [6.07, 6.45) is 0.899. The Bertz CT molecular complexity index is 937. The zero-order valence-electron chi connectivity index (χ0n) is 19.0. The highest BCUT2D eigenvalue weighted by Gasteiger charge is 2.43. The van der Waals surface area contributed by atoms with Gasteiger partial charge >= 0.3 is 0 Å². The number of ether oxygens (including phenoxy) is 2. The lowest BCUT2D eigenvalue weighted by Gasteiger charge is -2.43. The molecule has 2 saturated heterocycles. The van der Waals surface area contributed by atoms with Gasteiger partial charge in [0.15, 0.2) is 0 Å². The highest BCUT2D eigenvalue weighted by Crippen LogP contribution is 2.41. The van der Waals surface area contributed by atoms with Crippen LogP contribution in [0.5, 0.6) is 11.5 Å². The molecule has 2 aliphatic heterocycles. The van der Waals surface area contributed by atoms with Crippen molar-refractivity contribution in [1.82, 2.24) is 9.80 Å². The van der Waals surface area contributed by atoms with Crippen LogP contribution in [0.15, 0.2) is 48.5 Å². The maximum Gasteiger partial charge on any atom is 0.228 e. The van der Waals surface area contributed by atoms with Gasteiger partial charge in [-0.15, -0.1) is 0 Å². The van der Waals surface area contributed by atoms with Gasteiger partial charge in [0.1, 0.15) is 11.5 Å². The summed E-state index contributed by atoms with van der Waals surface area (Å²) in [6.45, 7) is 3.18. The first-order valence-electron chi connectivity index (χ1n) is 11.1. The molecule has 0 radical (unpaired) electrons. The molecule has 2 aromatic rings. The molecule has 170 valence electrons. The quantitative estimate of drug-likeness (QED) is 0.720. The maximum absolute atomic E-state index is 13.7. The van der Waals surface area contributed by atoms with Gasteiger partial charge in [-0.1, -0.05) is 12.1 Å². The van der Waals surface area contributed by atoms with Crippen LogP contribution >= 0.6 is 0 Å². The molecule has 0 N–H and O–H groups in total. The van der Waals surface area contributed by atoms with Crippen LogP contribution in [0.1, 0.15) is 24.4 Å². The van der Waals surface area contributed by atoms with Gasteiger partial charge in [-0.2, -0.15) is 0 Å². The van der Waals surface area contributed by atoms with Crippen molar-refractivity contribution in [3.8, 4) is 11.5 Å². The van der Waals surface area contributed by atoms with Gasteiger partial charge in [-0.05, 0) is 55.4 Å². The highest BCUT2D eigenvalue weighted by molar-refractivity contribution is 5.97. The third-order valence-corrected chi connectivity index (χ3v) is 6.54. The van der Waals surface area contributed by atoms with E-state index < -0.39 is 0 Å². The molecule has 0 bridgehead atoms. The topological polar surface area (TPSA) is 62.3 Å². The molecule has 2 aliphatic rings. The number of methoxy groups -OCH3 is 2. The number of hydrogen-bond donors (Lipinski definition) is 0. The summed E-state index contributed by atoms with van der Waals surface area (Å²) in [5.74, 6) is 1.33. The highest BCUT2D eigenvalue weighted by atomic mass is 16.5. The first-order chi connectivity index (χ1) is 15.5. The molecule has 0 saturated carbocycles. The molecule has 7 heteroatoms. The number of carbonyl (C=O) groups excluding carboxylic acids is 2. The Balaban J connectivity index is 1.72. The van der Waals surface area contributed by atoms with Crippen LogP contribution in [-0.2, 0) is 9.59 Å². The lowest BCUT2D eigenvalue weighted by molar-refractivity contribution is -0.139. The molecule has 2 amide bonds. The fraction of sp³-hybridized carbons (Fsp3) is 0.440. The number of piperidine rings is 1. The summed E-state index contributed by atoms with van der Waals surface area (Å²) in [6, 6.07) is 14.8. The molecular formula is C25H31N3O4. The Kier molecular flexibility index (Phi) is 6.65. The van der Waals surface area contributed by atoms with Gasteiger partial charge in [0, 0.05) is 38.3 Å². The molecule has 0 aliphatic carbocycles. The summed E-state index contributed by atoms with van der Waals surface area (Å²) in [5, 5.41) is 0. The number of carbonyl (C=O) groups is 2. The number of benzene rings is 2. The molecule has 32 heavy (non-hydrogen) atoms. The SMILES string of the molecule is COc1ccc([C@@H]2[C@@H](C(=O)N3CCN(C)CC3)CCC(=O)N2c2ccc(OC)cc2)cc1. The number of likely N-dealkylation sites (N-methyl/N-ethyl adjacent to an activating group) is 1. The minimum Gasteiger partial charge on any atom is -0.497 e. The molecular weight excluding hydrogens is 406 g/mol. The number of nitrogens with zero attached hydrogens (tertiary/aromatic N) is 3. The third kappa shape index (κ3) is 4.43. The molecule has 0 spiro atoms. The van der Waals surface area contributed by atoms with E-state index in [0.29, 0.717) is 12.8 Å². The van der Waals surface area contributed by atoms with Crippen molar-refractivity contribution in [2.24, 2.45) is 5.92 Å². The second-order valence-corrected chi connectivity index (χ2v) is 8.45. The largest absolute Gasteiger partial charge is 0.497 e. The fourth-order valence-electron chi connectivity index (χ4n) is 4.64. The Hall–Kier alpha value is -3.06. The number of rotatable bonds is 5. The summed E-state index contributed by atoms with van der Waals surface area (Å²) < 4.78 is 10.6.